The Hall–Kier alpha value is -3.78. The normalized spacial score (nSPS) is 15.4. The predicted molar refractivity (Wildman–Crippen MR) is 119 cm³/mol. The fraction of sp³-hybridized carbons (Fsp3) is 0.174. The Kier molecular flexibility index (Phi) is 6.13. The molecule has 0 bridgehead atoms. The molecule has 1 amide bonds. The Morgan fingerprint density at radius 3 is 2.69 bits per heavy atom. The zero-order chi connectivity index (χ0) is 22.7. The van der Waals surface area contributed by atoms with Gasteiger partial charge in [-0.3, -0.25) is 4.79 Å². The van der Waals surface area contributed by atoms with Crippen LogP contribution in [0.2, 0.25) is 5.02 Å². The number of nitrogen functional groups attached to an aromatic ring is 1. The van der Waals surface area contributed by atoms with Crippen LogP contribution in [-0.4, -0.2) is 36.3 Å². The minimum absolute atomic E-state index is 0.0942. The summed E-state index contributed by atoms with van der Waals surface area (Å²) in [6.45, 7) is -0.513. The minimum Gasteiger partial charge on any atom is -0.497 e. The summed E-state index contributed by atoms with van der Waals surface area (Å²) in [5.41, 5.74) is 7.66. The van der Waals surface area contributed by atoms with Crippen LogP contribution in [-0.2, 0) is 9.53 Å². The molecule has 1 atom stereocenters. The van der Waals surface area contributed by atoms with Gasteiger partial charge in [-0.1, -0.05) is 11.6 Å². The van der Waals surface area contributed by atoms with E-state index in [0.717, 1.165) is 11.3 Å². The second-order valence-electron chi connectivity index (χ2n) is 7.06. The second kappa shape index (κ2) is 9.15. The van der Waals surface area contributed by atoms with Crippen LogP contribution in [0.1, 0.15) is 34.1 Å². The van der Waals surface area contributed by atoms with Crippen molar-refractivity contribution in [3.8, 4) is 5.75 Å². The average molecular weight is 454 g/mol. The van der Waals surface area contributed by atoms with Gasteiger partial charge in [0.2, 0.25) is 0 Å². The number of anilines is 1. The molecule has 0 aliphatic carbocycles. The van der Waals surface area contributed by atoms with Crippen molar-refractivity contribution >= 4 is 34.9 Å². The van der Waals surface area contributed by atoms with E-state index in [1.807, 2.05) is 24.3 Å². The number of benzene rings is 2. The van der Waals surface area contributed by atoms with Crippen molar-refractivity contribution in [2.75, 3.05) is 19.5 Å². The molecule has 0 spiro atoms. The molecule has 1 unspecified atom stereocenters. The SMILES string of the molecule is COc1ccc(C2=NN(C(=O)COC(=O)c3cc(Cl)ccc3N)C(c3ccco3)C2)cc1. The quantitative estimate of drug-likeness (QED) is 0.445. The Morgan fingerprint density at radius 2 is 2.00 bits per heavy atom. The van der Waals surface area contributed by atoms with Crippen LogP contribution in [0.5, 0.6) is 5.75 Å². The van der Waals surface area contributed by atoms with Gasteiger partial charge in [0.25, 0.3) is 5.91 Å². The summed E-state index contributed by atoms with van der Waals surface area (Å²) >= 11 is 5.92. The van der Waals surface area contributed by atoms with E-state index in [1.54, 1.807) is 25.3 Å². The first-order chi connectivity index (χ1) is 15.5. The van der Waals surface area contributed by atoms with Crippen LogP contribution in [0, 0.1) is 0 Å². The number of nitrogens with two attached hydrogens (primary N) is 1. The summed E-state index contributed by atoms with van der Waals surface area (Å²) in [5.74, 6) is 0.0569. The summed E-state index contributed by atoms with van der Waals surface area (Å²) in [6.07, 6.45) is 1.98. The van der Waals surface area contributed by atoms with Crippen LogP contribution in [0.4, 0.5) is 5.69 Å². The standard InChI is InChI=1S/C23H20ClN3O5/c1-30-16-7-4-14(5-8-16)19-12-20(21-3-2-10-31-21)27(26-19)22(28)13-32-23(29)17-11-15(24)6-9-18(17)25/h2-11,20H,12-13,25H2,1H3. The fourth-order valence-electron chi connectivity index (χ4n) is 3.38. The van der Waals surface area contributed by atoms with E-state index in [2.05, 4.69) is 5.10 Å². The molecule has 4 rings (SSSR count). The first-order valence-corrected chi connectivity index (χ1v) is 10.1. The van der Waals surface area contributed by atoms with Gasteiger partial charge >= 0.3 is 5.97 Å². The number of ether oxygens (including phenoxy) is 2. The molecule has 0 radical (unpaired) electrons. The lowest BCUT2D eigenvalue weighted by Gasteiger charge is -2.19. The van der Waals surface area contributed by atoms with Crippen LogP contribution in [0.3, 0.4) is 0 Å². The molecule has 2 heterocycles. The van der Waals surface area contributed by atoms with Crippen molar-refractivity contribution in [1.29, 1.82) is 0 Å². The number of hydrazone groups is 1. The Balaban J connectivity index is 1.52. The number of hydrogen-bond donors (Lipinski definition) is 1. The van der Waals surface area contributed by atoms with Crippen molar-refractivity contribution in [2.45, 2.75) is 12.5 Å². The lowest BCUT2D eigenvalue weighted by Crippen LogP contribution is -2.31. The predicted octanol–water partition coefficient (Wildman–Crippen LogP) is 4.06. The third-order valence-electron chi connectivity index (χ3n) is 5.02. The van der Waals surface area contributed by atoms with Gasteiger partial charge in [-0.05, 0) is 60.2 Å². The smallest absolute Gasteiger partial charge is 0.340 e. The number of amides is 1. The first-order valence-electron chi connectivity index (χ1n) is 9.76. The van der Waals surface area contributed by atoms with Crippen molar-refractivity contribution in [3.63, 3.8) is 0 Å². The van der Waals surface area contributed by atoms with Gasteiger partial charge in [-0.2, -0.15) is 5.10 Å². The average Bonchev–Trinajstić information content (AvgIpc) is 3.49. The van der Waals surface area contributed by atoms with Gasteiger partial charge in [0.05, 0.1) is 24.6 Å². The lowest BCUT2D eigenvalue weighted by molar-refractivity contribution is -0.136. The third-order valence-corrected chi connectivity index (χ3v) is 5.26. The molecule has 1 aliphatic rings. The van der Waals surface area contributed by atoms with Crippen LogP contribution in [0.15, 0.2) is 70.4 Å². The summed E-state index contributed by atoms with van der Waals surface area (Å²) < 4.78 is 15.9. The Morgan fingerprint density at radius 1 is 1.22 bits per heavy atom. The molecule has 32 heavy (non-hydrogen) atoms. The molecular formula is C23H20ClN3O5. The summed E-state index contributed by atoms with van der Waals surface area (Å²) in [5, 5.41) is 6.12. The van der Waals surface area contributed by atoms with E-state index in [-0.39, 0.29) is 11.3 Å². The monoisotopic (exact) mass is 453 g/mol. The molecule has 2 aromatic carbocycles. The van der Waals surface area contributed by atoms with E-state index >= 15 is 0 Å². The number of nitrogens with zero attached hydrogens (tertiary/aromatic N) is 2. The van der Waals surface area contributed by atoms with E-state index in [1.165, 1.54) is 23.4 Å². The highest BCUT2D eigenvalue weighted by atomic mass is 35.5. The third kappa shape index (κ3) is 4.45. The number of esters is 1. The maximum atomic E-state index is 12.9. The zero-order valence-corrected chi connectivity index (χ0v) is 17.9. The van der Waals surface area contributed by atoms with Gasteiger partial charge < -0.3 is 19.6 Å². The molecule has 1 aliphatic heterocycles. The molecule has 1 aromatic heterocycles. The minimum atomic E-state index is -0.744. The van der Waals surface area contributed by atoms with Crippen molar-refractivity contribution in [3.05, 3.63) is 82.8 Å². The van der Waals surface area contributed by atoms with Gasteiger partial charge in [0.1, 0.15) is 17.6 Å². The van der Waals surface area contributed by atoms with Gasteiger partial charge in [-0.15, -0.1) is 0 Å². The molecule has 2 N–H and O–H groups in total. The second-order valence-corrected chi connectivity index (χ2v) is 7.49. The number of carbonyl (C=O) groups excluding carboxylic acids is 2. The number of hydrogen-bond acceptors (Lipinski definition) is 7. The lowest BCUT2D eigenvalue weighted by atomic mass is 10.0. The highest BCUT2D eigenvalue weighted by molar-refractivity contribution is 6.31. The number of rotatable bonds is 6. The van der Waals surface area contributed by atoms with Crippen molar-refractivity contribution < 1.29 is 23.5 Å². The van der Waals surface area contributed by atoms with Crippen LogP contribution < -0.4 is 10.5 Å². The molecule has 164 valence electrons. The number of methoxy groups -OCH3 is 1. The van der Waals surface area contributed by atoms with Gasteiger partial charge in [0.15, 0.2) is 6.61 Å². The zero-order valence-electron chi connectivity index (χ0n) is 17.2. The topological polar surface area (TPSA) is 107 Å². The molecule has 0 saturated carbocycles. The highest BCUT2D eigenvalue weighted by Gasteiger charge is 2.35. The van der Waals surface area contributed by atoms with Gasteiger partial charge in [0, 0.05) is 17.1 Å². The Bertz CT molecular complexity index is 1160. The van der Waals surface area contributed by atoms with Crippen LogP contribution in [0.25, 0.3) is 0 Å². The molecule has 3 aromatic rings. The van der Waals surface area contributed by atoms with Crippen LogP contribution >= 0.6 is 11.6 Å². The van der Waals surface area contributed by atoms with E-state index < -0.39 is 24.5 Å². The summed E-state index contributed by atoms with van der Waals surface area (Å²) in [4.78, 5) is 25.3. The highest BCUT2D eigenvalue weighted by Crippen LogP contribution is 2.33. The largest absolute Gasteiger partial charge is 0.497 e. The molecule has 8 nitrogen and oxygen atoms in total. The van der Waals surface area contributed by atoms with E-state index in [0.29, 0.717) is 22.9 Å². The number of furan rings is 1. The van der Waals surface area contributed by atoms with E-state index in [4.69, 9.17) is 31.2 Å². The molecule has 9 heteroatoms. The maximum Gasteiger partial charge on any atom is 0.340 e. The number of carbonyl (C=O) groups is 2. The summed E-state index contributed by atoms with van der Waals surface area (Å²) in [7, 11) is 1.59. The molecule has 0 saturated heterocycles. The maximum absolute atomic E-state index is 12.9. The molecular weight excluding hydrogens is 434 g/mol. The number of halogens is 1. The fourth-order valence-corrected chi connectivity index (χ4v) is 3.55. The van der Waals surface area contributed by atoms with Crippen molar-refractivity contribution in [2.24, 2.45) is 5.10 Å². The Labute approximate surface area is 189 Å². The van der Waals surface area contributed by atoms with Crippen molar-refractivity contribution in [1.82, 2.24) is 5.01 Å². The van der Waals surface area contributed by atoms with Gasteiger partial charge in [-0.25, -0.2) is 9.80 Å². The summed E-state index contributed by atoms with van der Waals surface area (Å²) in [6, 6.07) is 14.9. The first kappa shape index (κ1) is 21.5. The van der Waals surface area contributed by atoms with E-state index in [9.17, 15) is 9.59 Å². The molecule has 0 fully saturated rings.